The fourth-order valence-electron chi connectivity index (χ4n) is 2.10. The summed E-state index contributed by atoms with van der Waals surface area (Å²) in [5.41, 5.74) is 0.967. The Bertz CT molecular complexity index is 565. The molecular formula is C14H16BrN3O. The standard InChI is InChI=1S/C14H16BrN3O/c1-18(8-10-5-6-10)9-13-16-14(17-19-13)11-3-2-4-12(15)7-11/h2-4,7,10H,5-6,8-9H2,1H3. The highest BCUT2D eigenvalue weighted by Gasteiger charge is 2.23. The lowest BCUT2D eigenvalue weighted by molar-refractivity contribution is 0.259. The van der Waals surface area contributed by atoms with Gasteiger partial charge in [0.1, 0.15) is 0 Å². The second kappa shape index (κ2) is 5.43. The van der Waals surface area contributed by atoms with E-state index in [0.29, 0.717) is 11.7 Å². The molecule has 0 spiro atoms. The van der Waals surface area contributed by atoms with Crippen LogP contribution in [0.2, 0.25) is 0 Å². The summed E-state index contributed by atoms with van der Waals surface area (Å²) in [6, 6.07) is 7.92. The number of hydrogen-bond donors (Lipinski definition) is 0. The normalized spacial score (nSPS) is 15.1. The number of halogens is 1. The summed E-state index contributed by atoms with van der Waals surface area (Å²) in [5.74, 6) is 2.20. The average Bonchev–Trinajstić information content (AvgIpc) is 3.05. The van der Waals surface area contributed by atoms with Crippen LogP contribution in [0.5, 0.6) is 0 Å². The van der Waals surface area contributed by atoms with E-state index in [1.807, 2.05) is 24.3 Å². The molecule has 0 bridgehead atoms. The summed E-state index contributed by atoms with van der Waals surface area (Å²) in [7, 11) is 2.10. The predicted octanol–water partition coefficient (Wildman–Crippen LogP) is 3.34. The van der Waals surface area contributed by atoms with Crippen LogP contribution in [0.4, 0.5) is 0 Å². The average molecular weight is 322 g/mol. The van der Waals surface area contributed by atoms with E-state index in [0.717, 1.165) is 29.0 Å². The Kier molecular flexibility index (Phi) is 3.66. The molecule has 0 unspecified atom stereocenters. The van der Waals surface area contributed by atoms with E-state index < -0.39 is 0 Å². The Balaban J connectivity index is 1.68. The van der Waals surface area contributed by atoms with Crippen molar-refractivity contribution >= 4 is 15.9 Å². The van der Waals surface area contributed by atoms with Gasteiger partial charge in [-0.2, -0.15) is 4.98 Å². The summed E-state index contributed by atoms with van der Waals surface area (Å²) >= 11 is 3.45. The second-order valence-electron chi connectivity index (χ2n) is 5.16. The van der Waals surface area contributed by atoms with Crippen molar-refractivity contribution in [1.29, 1.82) is 0 Å². The maximum absolute atomic E-state index is 5.31. The molecule has 0 aliphatic heterocycles. The van der Waals surface area contributed by atoms with Crippen molar-refractivity contribution in [2.75, 3.05) is 13.6 Å². The minimum absolute atomic E-state index is 0.649. The van der Waals surface area contributed by atoms with Crippen LogP contribution in [-0.2, 0) is 6.54 Å². The van der Waals surface area contributed by atoms with Gasteiger partial charge in [0, 0.05) is 16.6 Å². The lowest BCUT2D eigenvalue weighted by Gasteiger charge is -2.12. The summed E-state index contributed by atoms with van der Waals surface area (Å²) in [6.07, 6.45) is 2.72. The molecule has 0 radical (unpaired) electrons. The largest absolute Gasteiger partial charge is 0.338 e. The molecule has 1 aliphatic rings. The van der Waals surface area contributed by atoms with E-state index >= 15 is 0 Å². The fourth-order valence-corrected chi connectivity index (χ4v) is 2.50. The van der Waals surface area contributed by atoms with E-state index in [1.165, 1.54) is 12.8 Å². The zero-order valence-electron chi connectivity index (χ0n) is 10.8. The Hall–Kier alpha value is -1.20. The lowest BCUT2D eigenvalue weighted by atomic mass is 10.2. The third-order valence-electron chi connectivity index (χ3n) is 3.22. The zero-order chi connectivity index (χ0) is 13.2. The minimum Gasteiger partial charge on any atom is -0.338 e. The van der Waals surface area contributed by atoms with Crippen molar-refractivity contribution in [3.8, 4) is 11.4 Å². The van der Waals surface area contributed by atoms with Gasteiger partial charge in [-0.1, -0.05) is 33.2 Å². The molecule has 0 saturated heterocycles. The first-order valence-corrected chi connectivity index (χ1v) is 7.27. The highest BCUT2D eigenvalue weighted by atomic mass is 79.9. The van der Waals surface area contributed by atoms with Gasteiger partial charge in [0.25, 0.3) is 0 Å². The van der Waals surface area contributed by atoms with Crippen LogP contribution >= 0.6 is 15.9 Å². The van der Waals surface area contributed by atoms with E-state index in [-0.39, 0.29) is 0 Å². The minimum atomic E-state index is 0.649. The zero-order valence-corrected chi connectivity index (χ0v) is 12.4. The van der Waals surface area contributed by atoms with Gasteiger partial charge in [0.2, 0.25) is 11.7 Å². The van der Waals surface area contributed by atoms with Crippen molar-refractivity contribution in [2.45, 2.75) is 19.4 Å². The van der Waals surface area contributed by atoms with Gasteiger partial charge in [-0.3, -0.25) is 4.90 Å². The molecule has 0 amide bonds. The van der Waals surface area contributed by atoms with Gasteiger partial charge in [-0.05, 0) is 37.9 Å². The first-order chi connectivity index (χ1) is 9.20. The van der Waals surface area contributed by atoms with Gasteiger partial charge in [-0.15, -0.1) is 0 Å². The number of aromatic nitrogens is 2. The van der Waals surface area contributed by atoms with Crippen LogP contribution in [0.3, 0.4) is 0 Å². The van der Waals surface area contributed by atoms with Crippen LogP contribution < -0.4 is 0 Å². The molecule has 1 heterocycles. The van der Waals surface area contributed by atoms with Crippen molar-refractivity contribution < 1.29 is 4.52 Å². The van der Waals surface area contributed by atoms with Gasteiger partial charge in [0.15, 0.2) is 0 Å². The molecule has 3 rings (SSSR count). The molecule has 0 atom stereocenters. The summed E-state index contributed by atoms with van der Waals surface area (Å²) < 4.78 is 6.33. The van der Waals surface area contributed by atoms with Crippen LogP contribution in [0.1, 0.15) is 18.7 Å². The summed E-state index contributed by atoms with van der Waals surface area (Å²) in [4.78, 5) is 6.69. The van der Waals surface area contributed by atoms with Crippen LogP contribution in [-0.4, -0.2) is 28.6 Å². The second-order valence-corrected chi connectivity index (χ2v) is 6.08. The molecule has 19 heavy (non-hydrogen) atoms. The Morgan fingerprint density at radius 1 is 1.42 bits per heavy atom. The maximum atomic E-state index is 5.31. The predicted molar refractivity (Wildman–Crippen MR) is 76.5 cm³/mol. The maximum Gasteiger partial charge on any atom is 0.241 e. The highest BCUT2D eigenvalue weighted by molar-refractivity contribution is 9.10. The van der Waals surface area contributed by atoms with E-state index in [1.54, 1.807) is 0 Å². The monoisotopic (exact) mass is 321 g/mol. The summed E-state index contributed by atoms with van der Waals surface area (Å²) in [5, 5.41) is 4.04. The number of rotatable bonds is 5. The SMILES string of the molecule is CN(Cc1nc(-c2cccc(Br)c2)no1)CC1CC1. The smallest absolute Gasteiger partial charge is 0.241 e. The van der Waals surface area contributed by atoms with Gasteiger partial charge in [-0.25, -0.2) is 0 Å². The van der Waals surface area contributed by atoms with E-state index in [2.05, 4.69) is 38.0 Å². The Labute approximate surface area is 120 Å². The highest BCUT2D eigenvalue weighted by Crippen LogP contribution is 2.29. The van der Waals surface area contributed by atoms with Gasteiger partial charge >= 0.3 is 0 Å². The molecule has 4 nitrogen and oxygen atoms in total. The van der Waals surface area contributed by atoms with Crippen molar-refractivity contribution in [1.82, 2.24) is 15.0 Å². The third-order valence-corrected chi connectivity index (χ3v) is 3.72. The van der Waals surface area contributed by atoms with E-state index in [9.17, 15) is 0 Å². The molecule has 0 N–H and O–H groups in total. The molecule has 2 aromatic rings. The van der Waals surface area contributed by atoms with E-state index in [4.69, 9.17) is 4.52 Å². The number of hydrogen-bond acceptors (Lipinski definition) is 4. The third kappa shape index (κ3) is 3.42. The van der Waals surface area contributed by atoms with Gasteiger partial charge in [0.05, 0.1) is 6.54 Å². The molecule has 1 saturated carbocycles. The molecule has 1 fully saturated rings. The van der Waals surface area contributed by atoms with Crippen molar-refractivity contribution in [3.05, 3.63) is 34.6 Å². The van der Waals surface area contributed by atoms with Crippen LogP contribution in [0.25, 0.3) is 11.4 Å². The number of benzene rings is 1. The molecular weight excluding hydrogens is 306 g/mol. The number of nitrogens with zero attached hydrogens (tertiary/aromatic N) is 3. The Morgan fingerprint density at radius 2 is 2.26 bits per heavy atom. The van der Waals surface area contributed by atoms with Crippen LogP contribution in [0, 0.1) is 5.92 Å². The molecule has 1 aromatic carbocycles. The molecule has 1 aliphatic carbocycles. The first kappa shape index (κ1) is 12.8. The Morgan fingerprint density at radius 3 is 3.00 bits per heavy atom. The van der Waals surface area contributed by atoms with Gasteiger partial charge < -0.3 is 4.52 Å². The van der Waals surface area contributed by atoms with Crippen molar-refractivity contribution in [2.24, 2.45) is 5.92 Å². The van der Waals surface area contributed by atoms with Crippen LogP contribution in [0.15, 0.2) is 33.3 Å². The topological polar surface area (TPSA) is 42.2 Å². The quantitative estimate of drug-likeness (QED) is 0.847. The molecule has 1 aromatic heterocycles. The lowest BCUT2D eigenvalue weighted by Crippen LogP contribution is -2.20. The summed E-state index contributed by atoms with van der Waals surface area (Å²) in [6.45, 7) is 1.84. The fraction of sp³-hybridized carbons (Fsp3) is 0.429. The molecule has 100 valence electrons. The molecule has 5 heteroatoms. The first-order valence-electron chi connectivity index (χ1n) is 6.48. The van der Waals surface area contributed by atoms with Crippen molar-refractivity contribution in [3.63, 3.8) is 0 Å².